The third-order valence-corrected chi connectivity index (χ3v) is 4.38. The average Bonchev–Trinajstić information content (AvgIpc) is 2.53. The Labute approximate surface area is 158 Å². The maximum Gasteiger partial charge on any atom is 0.116 e. The van der Waals surface area contributed by atoms with Gasteiger partial charge in [-0.25, -0.2) is 0 Å². The Morgan fingerprint density at radius 2 is 1.73 bits per heavy atom. The van der Waals surface area contributed by atoms with Crippen molar-refractivity contribution in [3.05, 3.63) is 66.9 Å². The minimum absolute atomic E-state index is 0.0212. The van der Waals surface area contributed by atoms with Gasteiger partial charge in [0.25, 0.3) is 0 Å². The van der Waals surface area contributed by atoms with Crippen molar-refractivity contribution in [1.82, 2.24) is 5.32 Å². The predicted octanol–water partition coefficient (Wildman–Crippen LogP) is 5.95. The smallest absolute Gasteiger partial charge is 0.116 e. The van der Waals surface area contributed by atoms with Crippen molar-refractivity contribution in [2.24, 2.45) is 10.4 Å². The summed E-state index contributed by atoms with van der Waals surface area (Å²) in [6, 6.07) is 5.32. The van der Waals surface area contributed by atoms with Gasteiger partial charge in [-0.1, -0.05) is 52.2 Å². The molecule has 0 amide bonds. The standard InChI is InChI=1S/C23H32N2O/c1-10-19(14-24-18(6)23(7,8)9)16(4)25-17(5)21-11-20(15(2)3)12-22(26)13-21/h10-14,16,25-26H,1-2,5H2,3-4,6-9H3/b19-14+,24-18?/t16-/m1/s1. The molecular formula is C23H32N2O. The zero-order valence-electron chi connectivity index (χ0n) is 17.0. The van der Waals surface area contributed by atoms with E-state index in [4.69, 9.17) is 0 Å². The molecule has 3 nitrogen and oxygen atoms in total. The molecule has 1 aromatic rings. The zero-order valence-corrected chi connectivity index (χ0v) is 17.0. The fourth-order valence-electron chi connectivity index (χ4n) is 2.17. The summed E-state index contributed by atoms with van der Waals surface area (Å²) in [4.78, 5) is 4.58. The van der Waals surface area contributed by atoms with Crippen molar-refractivity contribution in [3.8, 4) is 5.75 Å². The fraction of sp³-hybridized carbons (Fsp3) is 0.348. The van der Waals surface area contributed by atoms with Crippen LogP contribution in [0.4, 0.5) is 0 Å². The van der Waals surface area contributed by atoms with E-state index in [1.165, 1.54) is 0 Å². The molecule has 0 aliphatic heterocycles. The number of nitrogens with zero attached hydrogens (tertiary/aromatic N) is 1. The van der Waals surface area contributed by atoms with E-state index in [0.717, 1.165) is 33.7 Å². The van der Waals surface area contributed by atoms with E-state index in [1.54, 1.807) is 18.2 Å². The minimum Gasteiger partial charge on any atom is -0.508 e. The summed E-state index contributed by atoms with van der Waals surface area (Å²) < 4.78 is 0. The Balaban J connectivity index is 3.01. The second kappa shape index (κ2) is 8.70. The third kappa shape index (κ3) is 6.07. The van der Waals surface area contributed by atoms with Crippen molar-refractivity contribution < 1.29 is 5.11 Å². The Kier molecular flexibility index (Phi) is 7.19. The van der Waals surface area contributed by atoms with Crippen molar-refractivity contribution in [2.75, 3.05) is 0 Å². The van der Waals surface area contributed by atoms with E-state index in [9.17, 15) is 5.11 Å². The van der Waals surface area contributed by atoms with Gasteiger partial charge in [-0.15, -0.1) is 0 Å². The molecule has 0 heterocycles. The van der Waals surface area contributed by atoms with Crippen LogP contribution in [0.2, 0.25) is 0 Å². The quantitative estimate of drug-likeness (QED) is 0.470. The summed E-state index contributed by atoms with van der Waals surface area (Å²) in [6.07, 6.45) is 3.65. The number of aliphatic imine (C=N–C) groups is 1. The van der Waals surface area contributed by atoms with E-state index >= 15 is 0 Å². The zero-order chi connectivity index (χ0) is 20.1. The average molecular weight is 353 g/mol. The molecule has 2 N–H and O–H groups in total. The molecule has 0 aliphatic rings. The topological polar surface area (TPSA) is 44.6 Å². The number of aromatic hydroxyl groups is 1. The third-order valence-electron chi connectivity index (χ3n) is 4.38. The van der Waals surface area contributed by atoms with Gasteiger partial charge in [0, 0.05) is 23.2 Å². The van der Waals surface area contributed by atoms with Gasteiger partial charge in [0.15, 0.2) is 0 Å². The lowest BCUT2D eigenvalue weighted by Crippen LogP contribution is -2.25. The molecule has 0 saturated heterocycles. The molecule has 0 spiro atoms. The first-order valence-electron chi connectivity index (χ1n) is 8.78. The summed E-state index contributed by atoms with van der Waals surface area (Å²) in [5.74, 6) is 0.195. The largest absolute Gasteiger partial charge is 0.508 e. The lowest BCUT2D eigenvalue weighted by Gasteiger charge is -2.20. The van der Waals surface area contributed by atoms with Crippen molar-refractivity contribution >= 4 is 17.0 Å². The highest BCUT2D eigenvalue weighted by Gasteiger charge is 2.14. The Bertz CT molecular complexity index is 761. The van der Waals surface area contributed by atoms with Gasteiger partial charge in [-0.3, -0.25) is 4.99 Å². The monoisotopic (exact) mass is 352 g/mol. The number of phenolic OH excluding ortho intramolecular Hbond substituents is 1. The van der Waals surface area contributed by atoms with Crippen LogP contribution >= 0.6 is 0 Å². The van der Waals surface area contributed by atoms with E-state index in [2.05, 4.69) is 50.8 Å². The van der Waals surface area contributed by atoms with Crippen LogP contribution in [0, 0.1) is 5.41 Å². The molecule has 1 rings (SSSR count). The molecule has 1 atom stereocenters. The van der Waals surface area contributed by atoms with Crippen molar-refractivity contribution in [1.29, 1.82) is 0 Å². The van der Waals surface area contributed by atoms with E-state index < -0.39 is 0 Å². The number of hydrogen-bond acceptors (Lipinski definition) is 3. The molecule has 0 bridgehead atoms. The van der Waals surface area contributed by atoms with Gasteiger partial charge in [0.05, 0.1) is 6.04 Å². The highest BCUT2D eigenvalue weighted by molar-refractivity contribution is 5.87. The van der Waals surface area contributed by atoms with Gasteiger partial charge < -0.3 is 10.4 Å². The van der Waals surface area contributed by atoms with Crippen LogP contribution in [0.3, 0.4) is 0 Å². The van der Waals surface area contributed by atoms with E-state index in [-0.39, 0.29) is 17.2 Å². The summed E-state index contributed by atoms with van der Waals surface area (Å²) in [6.45, 7) is 24.3. The highest BCUT2D eigenvalue weighted by atomic mass is 16.3. The molecule has 0 unspecified atom stereocenters. The Hall–Kier alpha value is -2.55. The lowest BCUT2D eigenvalue weighted by molar-refractivity contribution is 0.475. The summed E-state index contributed by atoms with van der Waals surface area (Å²) in [7, 11) is 0. The molecule has 26 heavy (non-hydrogen) atoms. The van der Waals surface area contributed by atoms with Gasteiger partial charge in [-0.2, -0.15) is 0 Å². The molecular weight excluding hydrogens is 320 g/mol. The van der Waals surface area contributed by atoms with Crippen LogP contribution < -0.4 is 5.32 Å². The maximum absolute atomic E-state index is 9.95. The number of allylic oxidation sites excluding steroid dienone is 1. The number of nitrogens with one attached hydrogen (secondary N) is 1. The lowest BCUT2D eigenvalue weighted by atomic mass is 9.91. The fourth-order valence-corrected chi connectivity index (χ4v) is 2.17. The molecule has 0 radical (unpaired) electrons. The highest BCUT2D eigenvalue weighted by Crippen LogP contribution is 2.24. The Morgan fingerprint density at radius 1 is 1.15 bits per heavy atom. The van der Waals surface area contributed by atoms with Gasteiger partial charge in [-0.05, 0) is 55.5 Å². The van der Waals surface area contributed by atoms with E-state index in [0.29, 0.717) is 0 Å². The Morgan fingerprint density at radius 3 is 2.23 bits per heavy atom. The first-order valence-corrected chi connectivity index (χ1v) is 8.78. The van der Waals surface area contributed by atoms with Crippen LogP contribution in [-0.2, 0) is 0 Å². The number of hydrogen-bond donors (Lipinski definition) is 2. The summed E-state index contributed by atoms with van der Waals surface area (Å²) in [5.41, 5.74) is 5.38. The van der Waals surface area contributed by atoms with Crippen LogP contribution in [0.5, 0.6) is 5.75 Å². The van der Waals surface area contributed by atoms with Crippen LogP contribution in [0.25, 0.3) is 11.3 Å². The van der Waals surface area contributed by atoms with Crippen LogP contribution in [0.15, 0.2) is 60.8 Å². The normalized spacial score (nSPS) is 13.9. The molecule has 140 valence electrons. The second-order valence-electron chi connectivity index (χ2n) is 7.69. The van der Waals surface area contributed by atoms with E-state index in [1.807, 2.05) is 33.0 Å². The minimum atomic E-state index is -0.0212. The van der Waals surface area contributed by atoms with Gasteiger partial charge >= 0.3 is 0 Å². The maximum atomic E-state index is 9.95. The first-order chi connectivity index (χ1) is 12.0. The van der Waals surface area contributed by atoms with Crippen molar-refractivity contribution in [3.63, 3.8) is 0 Å². The number of phenols is 1. The van der Waals surface area contributed by atoms with Crippen LogP contribution in [0.1, 0.15) is 52.7 Å². The second-order valence-corrected chi connectivity index (χ2v) is 7.69. The summed E-state index contributed by atoms with van der Waals surface area (Å²) in [5, 5.41) is 13.3. The van der Waals surface area contributed by atoms with Crippen molar-refractivity contribution in [2.45, 2.75) is 47.6 Å². The molecule has 0 aromatic heterocycles. The molecule has 0 saturated carbocycles. The molecule has 0 fully saturated rings. The number of rotatable bonds is 7. The molecule has 0 aliphatic carbocycles. The molecule has 1 aromatic carbocycles. The first kappa shape index (κ1) is 21.5. The van der Waals surface area contributed by atoms with Crippen LogP contribution in [-0.4, -0.2) is 16.9 Å². The predicted molar refractivity (Wildman–Crippen MR) is 115 cm³/mol. The number of benzene rings is 1. The summed E-state index contributed by atoms with van der Waals surface area (Å²) >= 11 is 0. The van der Waals surface area contributed by atoms with Gasteiger partial charge in [0.1, 0.15) is 5.75 Å². The SMILES string of the molecule is C=C/C(=C\N=C(C)C(C)(C)C)[C@@H](C)NC(=C)c1cc(O)cc(C(=C)C)c1. The molecule has 3 heteroatoms. The van der Waals surface area contributed by atoms with Gasteiger partial charge in [0.2, 0.25) is 0 Å².